The van der Waals surface area contributed by atoms with Gasteiger partial charge in [0.1, 0.15) is 22.8 Å². The number of carbonyl (C=O) groups excluding carboxylic acids is 3. The van der Waals surface area contributed by atoms with Gasteiger partial charge >= 0.3 is 0 Å². The average Bonchev–Trinajstić information content (AvgIpc) is 3.38. The Morgan fingerprint density at radius 3 is 2.30 bits per heavy atom. The van der Waals surface area contributed by atoms with Gasteiger partial charge in [0.05, 0.1) is 5.56 Å². The summed E-state index contributed by atoms with van der Waals surface area (Å²) in [5.41, 5.74) is -2.97. The number of benzene rings is 1. The third-order valence-corrected chi connectivity index (χ3v) is 10.3. The molecular weight excluding hydrogens is 508 g/mol. The quantitative estimate of drug-likeness (QED) is 0.277. The van der Waals surface area contributed by atoms with Gasteiger partial charge in [0.2, 0.25) is 5.78 Å². The molecule has 0 spiro atoms. The first kappa shape index (κ1) is 28.3. The fraction of sp³-hybridized carbons (Fsp3) is 0.545. The van der Waals surface area contributed by atoms with Gasteiger partial charge in [0.25, 0.3) is 0 Å². The molecule has 4 aliphatic carbocycles. The number of Topliss-reactive ketones (excluding diaryl/α,β-unsaturated/α-hetero) is 3. The van der Waals surface area contributed by atoms with E-state index in [2.05, 4.69) is 6.58 Å². The number of phenolic OH excluding ortho intramolecular Hbond substituents is 1. The van der Waals surface area contributed by atoms with Crippen LogP contribution in [0.2, 0.25) is 0 Å². The second-order valence-electron chi connectivity index (χ2n) is 13.4. The van der Waals surface area contributed by atoms with Crippen molar-refractivity contribution >= 4 is 17.3 Å². The van der Waals surface area contributed by atoms with Crippen LogP contribution in [0.4, 0.5) is 0 Å². The summed E-state index contributed by atoms with van der Waals surface area (Å²) in [6, 6.07) is 3.31. The maximum Gasteiger partial charge on any atom is 0.209 e. The van der Waals surface area contributed by atoms with E-state index in [-0.39, 0.29) is 41.4 Å². The minimum Gasteiger partial charge on any atom is -0.511 e. The van der Waals surface area contributed by atoms with Crippen LogP contribution in [0.25, 0.3) is 0 Å². The molecule has 0 radical (unpaired) electrons. The highest BCUT2D eigenvalue weighted by atomic mass is 16.3. The van der Waals surface area contributed by atoms with Gasteiger partial charge in [-0.25, -0.2) is 0 Å². The molecule has 4 aliphatic rings. The topological polar surface area (TPSA) is 132 Å². The van der Waals surface area contributed by atoms with Crippen molar-refractivity contribution in [2.75, 3.05) is 0 Å². The minimum atomic E-state index is -2.60. The Kier molecular flexibility index (Phi) is 6.49. The van der Waals surface area contributed by atoms with Crippen LogP contribution in [-0.2, 0) is 22.4 Å². The van der Waals surface area contributed by atoms with Crippen molar-refractivity contribution < 1.29 is 34.8 Å². The number of aliphatic hydroxyl groups excluding tert-OH is 2. The van der Waals surface area contributed by atoms with Gasteiger partial charge in [-0.05, 0) is 68.1 Å². The van der Waals surface area contributed by atoms with Crippen LogP contribution in [0.5, 0.6) is 5.75 Å². The lowest BCUT2D eigenvalue weighted by Crippen LogP contribution is -2.67. The van der Waals surface area contributed by atoms with E-state index in [0.717, 1.165) is 30.9 Å². The van der Waals surface area contributed by atoms with E-state index in [1.54, 1.807) is 6.92 Å². The van der Waals surface area contributed by atoms with Crippen molar-refractivity contribution in [2.45, 2.75) is 85.2 Å². The highest BCUT2D eigenvalue weighted by Gasteiger charge is 2.71. The first-order valence-corrected chi connectivity index (χ1v) is 14.3. The Bertz CT molecular complexity index is 1420. The molecule has 5 rings (SSSR count). The fourth-order valence-corrected chi connectivity index (χ4v) is 8.68. The number of aromatic hydroxyl groups is 1. The summed E-state index contributed by atoms with van der Waals surface area (Å²) in [5, 5.41) is 46.0. The SMILES string of the molecule is C=C(Cc1ccc(O)c2c1C[C@]1(C)C[C@]3(C)C(C(C)C)C(O)=C(C(C)=O)C(=O)[C@]3(O)C(O)=C1C2=O)C1CCCC1. The molecule has 7 nitrogen and oxygen atoms in total. The van der Waals surface area contributed by atoms with E-state index in [1.165, 1.54) is 18.9 Å². The lowest BCUT2D eigenvalue weighted by Gasteiger charge is -2.59. The highest BCUT2D eigenvalue weighted by Crippen LogP contribution is 2.65. The van der Waals surface area contributed by atoms with Crippen LogP contribution in [0, 0.1) is 28.6 Å². The second kappa shape index (κ2) is 9.16. The molecule has 0 aliphatic heterocycles. The zero-order valence-corrected chi connectivity index (χ0v) is 24.1. The molecule has 1 aromatic rings. The van der Waals surface area contributed by atoms with Crippen LogP contribution in [-0.4, -0.2) is 43.4 Å². The summed E-state index contributed by atoms with van der Waals surface area (Å²) in [7, 11) is 0. The Morgan fingerprint density at radius 1 is 1.10 bits per heavy atom. The number of rotatable bonds is 5. The molecule has 214 valence electrons. The molecular formula is C33H40O7. The van der Waals surface area contributed by atoms with Crippen LogP contribution < -0.4 is 0 Å². The standard InChI is InChI=1S/C33H40O7/c1-16(2)25-27(36)23(18(4)34)29(38)33(40)30(39)26-28(37)24-21(14-31(26,5)15-32(25,33)6)20(11-12-22(24)35)13-17(3)19-9-7-8-10-19/h11-12,16,19,25,35-36,39-40H,3,7-10,13-15H2,1-2,4-6H3/t25?,31-,32-,33+/m1/s1. The molecule has 40 heavy (non-hydrogen) atoms. The summed E-state index contributed by atoms with van der Waals surface area (Å²) < 4.78 is 0. The summed E-state index contributed by atoms with van der Waals surface area (Å²) in [6.07, 6.45) is 5.47. The summed E-state index contributed by atoms with van der Waals surface area (Å²) in [4.78, 5) is 40.4. The van der Waals surface area contributed by atoms with Crippen LogP contribution >= 0.6 is 0 Å². The van der Waals surface area contributed by atoms with Gasteiger partial charge in [-0.3, -0.25) is 14.4 Å². The molecule has 1 aromatic carbocycles. The van der Waals surface area contributed by atoms with Crippen LogP contribution in [0.3, 0.4) is 0 Å². The molecule has 1 fully saturated rings. The maximum absolute atomic E-state index is 14.2. The first-order chi connectivity index (χ1) is 18.6. The number of fused-ring (bicyclic) bond motifs is 3. The molecule has 0 aromatic heterocycles. The smallest absolute Gasteiger partial charge is 0.209 e. The highest BCUT2D eigenvalue weighted by molar-refractivity contribution is 6.25. The molecule has 4 atom stereocenters. The number of aliphatic hydroxyl groups is 3. The van der Waals surface area contributed by atoms with Gasteiger partial charge in [-0.15, -0.1) is 0 Å². The van der Waals surface area contributed by atoms with Crippen molar-refractivity contribution in [3.8, 4) is 5.75 Å². The van der Waals surface area contributed by atoms with Crippen LogP contribution in [0.15, 0.2) is 46.9 Å². The van der Waals surface area contributed by atoms with Gasteiger partial charge < -0.3 is 20.4 Å². The van der Waals surface area contributed by atoms with Crippen molar-refractivity contribution in [1.29, 1.82) is 0 Å². The van der Waals surface area contributed by atoms with E-state index >= 15 is 0 Å². The molecule has 0 bridgehead atoms. The van der Waals surface area contributed by atoms with Gasteiger partial charge in [0.15, 0.2) is 17.2 Å². The second-order valence-corrected chi connectivity index (χ2v) is 13.4. The van der Waals surface area contributed by atoms with Gasteiger partial charge in [0, 0.05) is 22.3 Å². The zero-order valence-electron chi connectivity index (χ0n) is 24.1. The molecule has 7 heteroatoms. The van der Waals surface area contributed by atoms with E-state index < -0.39 is 51.0 Å². The van der Waals surface area contributed by atoms with Crippen molar-refractivity contribution in [1.82, 2.24) is 0 Å². The predicted octanol–water partition coefficient (Wildman–Crippen LogP) is 5.64. The van der Waals surface area contributed by atoms with E-state index in [1.807, 2.05) is 26.8 Å². The van der Waals surface area contributed by atoms with Crippen molar-refractivity contribution in [3.05, 3.63) is 63.6 Å². The Balaban J connectivity index is 1.71. The van der Waals surface area contributed by atoms with Gasteiger partial charge in [-0.2, -0.15) is 0 Å². The molecule has 1 unspecified atom stereocenters. The summed E-state index contributed by atoms with van der Waals surface area (Å²) >= 11 is 0. The third-order valence-electron chi connectivity index (χ3n) is 10.3. The normalized spacial score (nSPS) is 32.3. The zero-order chi connectivity index (χ0) is 29.5. The molecule has 1 saturated carbocycles. The third kappa shape index (κ3) is 3.62. The molecule has 0 heterocycles. The summed E-state index contributed by atoms with van der Waals surface area (Å²) in [5.74, 6) is -4.58. The maximum atomic E-state index is 14.2. The lowest BCUT2D eigenvalue weighted by molar-refractivity contribution is -0.171. The van der Waals surface area contributed by atoms with E-state index in [0.29, 0.717) is 17.9 Å². The van der Waals surface area contributed by atoms with E-state index in [9.17, 15) is 34.8 Å². The van der Waals surface area contributed by atoms with Crippen LogP contribution in [0.1, 0.15) is 88.2 Å². The minimum absolute atomic E-state index is 0.0665. The number of ketones is 3. The average molecular weight is 549 g/mol. The Labute approximate surface area is 235 Å². The lowest BCUT2D eigenvalue weighted by atomic mass is 9.44. The predicted molar refractivity (Wildman–Crippen MR) is 150 cm³/mol. The monoisotopic (exact) mass is 548 g/mol. The number of hydrogen-bond donors (Lipinski definition) is 4. The largest absolute Gasteiger partial charge is 0.511 e. The van der Waals surface area contributed by atoms with Crippen molar-refractivity contribution in [2.24, 2.45) is 28.6 Å². The Morgan fingerprint density at radius 2 is 1.73 bits per heavy atom. The number of carbonyl (C=O) groups is 3. The first-order valence-electron chi connectivity index (χ1n) is 14.3. The number of allylic oxidation sites excluding steroid dienone is 3. The van der Waals surface area contributed by atoms with Crippen molar-refractivity contribution in [3.63, 3.8) is 0 Å². The summed E-state index contributed by atoms with van der Waals surface area (Å²) in [6.45, 7) is 12.6. The Hall–Kier alpha value is -3.19. The molecule has 0 saturated heterocycles. The molecule has 0 amide bonds. The number of hydrogen-bond acceptors (Lipinski definition) is 7. The fourth-order valence-electron chi connectivity index (χ4n) is 8.68. The van der Waals surface area contributed by atoms with Gasteiger partial charge in [-0.1, -0.05) is 58.8 Å². The number of phenols is 1. The van der Waals surface area contributed by atoms with E-state index in [4.69, 9.17) is 0 Å². The molecule has 4 N–H and O–H groups in total.